The van der Waals surface area contributed by atoms with Crippen molar-refractivity contribution in [1.82, 2.24) is 0 Å². The van der Waals surface area contributed by atoms with E-state index < -0.39 is 0 Å². The zero-order valence-electron chi connectivity index (χ0n) is 11.8. The van der Waals surface area contributed by atoms with Gasteiger partial charge in [-0.05, 0) is 25.7 Å². The van der Waals surface area contributed by atoms with Gasteiger partial charge in [0.25, 0.3) is 0 Å². The van der Waals surface area contributed by atoms with Gasteiger partial charge >= 0.3 is 0 Å². The van der Waals surface area contributed by atoms with Crippen molar-refractivity contribution in [2.24, 2.45) is 0 Å². The molecule has 17 heavy (non-hydrogen) atoms. The van der Waals surface area contributed by atoms with Crippen molar-refractivity contribution in [3.8, 4) is 0 Å². The summed E-state index contributed by atoms with van der Waals surface area (Å²) in [5.41, 5.74) is 0. The molecular formula is C17H31. The van der Waals surface area contributed by atoms with E-state index in [9.17, 15) is 0 Å². The molecule has 0 heterocycles. The Morgan fingerprint density at radius 2 is 1.29 bits per heavy atom. The standard InChI is InChI=1S/C17H31/c1-3-5-7-9-11-13-15-17-16-14-12-10-8-6-4-2/h10,12,16-17H,1,3-9,11,13-15H2,2H3/b12-10-,17-16-. The number of unbranched alkanes of at least 4 members (excludes halogenated alkanes) is 8. The van der Waals surface area contributed by atoms with Crippen LogP contribution >= 0.6 is 0 Å². The fourth-order valence-corrected chi connectivity index (χ4v) is 1.80. The van der Waals surface area contributed by atoms with Gasteiger partial charge in [-0.2, -0.15) is 0 Å². The number of rotatable bonds is 12. The van der Waals surface area contributed by atoms with E-state index in [4.69, 9.17) is 0 Å². The molecule has 0 nitrogen and oxygen atoms in total. The third-order valence-electron chi connectivity index (χ3n) is 2.95. The van der Waals surface area contributed by atoms with Gasteiger partial charge in [-0.3, -0.25) is 0 Å². The van der Waals surface area contributed by atoms with Crippen molar-refractivity contribution in [3.05, 3.63) is 31.2 Å². The highest BCUT2D eigenvalue weighted by atomic mass is 13.9. The Balaban J connectivity index is 3.11. The summed E-state index contributed by atoms with van der Waals surface area (Å²) in [5.74, 6) is 0. The smallest absolute Gasteiger partial charge is 0.0169 e. The van der Waals surface area contributed by atoms with E-state index >= 15 is 0 Å². The Morgan fingerprint density at radius 3 is 1.94 bits per heavy atom. The van der Waals surface area contributed by atoms with Gasteiger partial charge in [-0.1, -0.05) is 83.1 Å². The maximum absolute atomic E-state index is 3.86. The molecule has 0 N–H and O–H groups in total. The van der Waals surface area contributed by atoms with Gasteiger partial charge in [0.05, 0.1) is 0 Å². The Morgan fingerprint density at radius 1 is 0.706 bits per heavy atom. The van der Waals surface area contributed by atoms with Crippen molar-refractivity contribution in [2.45, 2.75) is 77.6 Å². The number of hydrogen-bond acceptors (Lipinski definition) is 0. The third-order valence-corrected chi connectivity index (χ3v) is 2.95. The van der Waals surface area contributed by atoms with E-state index in [1.807, 2.05) is 0 Å². The van der Waals surface area contributed by atoms with Crippen LogP contribution in [0.25, 0.3) is 0 Å². The summed E-state index contributed by atoms with van der Waals surface area (Å²) in [6, 6.07) is 0. The minimum absolute atomic E-state index is 1.10. The van der Waals surface area contributed by atoms with Gasteiger partial charge in [0.15, 0.2) is 0 Å². The molecular weight excluding hydrogens is 204 g/mol. The normalized spacial score (nSPS) is 11.9. The molecule has 0 saturated carbocycles. The molecule has 0 aliphatic carbocycles. The second kappa shape index (κ2) is 15.5. The topological polar surface area (TPSA) is 0 Å². The van der Waals surface area contributed by atoms with Crippen LogP contribution < -0.4 is 0 Å². The van der Waals surface area contributed by atoms with Gasteiger partial charge in [0.2, 0.25) is 0 Å². The first-order chi connectivity index (χ1) is 8.41. The fourth-order valence-electron chi connectivity index (χ4n) is 1.80. The van der Waals surface area contributed by atoms with Crippen LogP contribution in [-0.4, -0.2) is 0 Å². The lowest BCUT2D eigenvalue weighted by Crippen LogP contribution is -1.77. The second-order valence-corrected chi connectivity index (χ2v) is 4.73. The van der Waals surface area contributed by atoms with Crippen LogP contribution in [0.4, 0.5) is 0 Å². The van der Waals surface area contributed by atoms with E-state index in [1.54, 1.807) is 0 Å². The molecule has 0 spiro atoms. The van der Waals surface area contributed by atoms with Crippen molar-refractivity contribution in [2.75, 3.05) is 0 Å². The fraction of sp³-hybridized carbons (Fsp3) is 0.706. The minimum Gasteiger partial charge on any atom is -0.0882 e. The van der Waals surface area contributed by atoms with Crippen LogP contribution in [0.3, 0.4) is 0 Å². The molecule has 0 heteroatoms. The van der Waals surface area contributed by atoms with Crippen LogP contribution in [0, 0.1) is 6.92 Å². The molecule has 0 rings (SSSR count). The van der Waals surface area contributed by atoms with Crippen molar-refractivity contribution in [1.29, 1.82) is 0 Å². The molecule has 0 aromatic carbocycles. The number of hydrogen-bond donors (Lipinski definition) is 0. The predicted molar refractivity (Wildman–Crippen MR) is 80.1 cm³/mol. The molecule has 0 aliphatic heterocycles. The average molecular weight is 235 g/mol. The van der Waals surface area contributed by atoms with Crippen LogP contribution in [-0.2, 0) is 0 Å². The quantitative estimate of drug-likeness (QED) is 0.277. The van der Waals surface area contributed by atoms with Gasteiger partial charge in [0, 0.05) is 0 Å². The summed E-state index contributed by atoms with van der Waals surface area (Å²) in [6.07, 6.45) is 23.4. The summed E-state index contributed by atoms with van der Waals surface area (Å²) in [7, 11) is 0. The van der Waals surface area contributed by atoms with Crippen molar-refractivity contribution < 1.29 is 0 Å². The van der Waals surface area contributed by atoms with Crippen LogP contribution in [0.1, 0.15) is 77.6 Å². The summed E-state index contributed by atoms with van der Waals surface area (Å²) in [4.78, 5) is 0. The highest BCUT2D eigenvalue weighted by molar-refractivity contribution is 4.92. The largest absolute Gasteiger partial charge is 0.0882 e. The SMILES string of the molecule is [CH2]CCCCCCC/C=C\C/C=C\CCCC. The number of allylic oxidation sites excluding steroid dienone is 4. The molecule has 0 unspecified atom stereocenters. The lowest BCUT2D eigenvalue weighted by Gasteiger charge is -1.97. The molecule has 0 atom stereocenters. The van der Waals surface area contributed by atoms with E-state index in [-0.39, 0.29) is 0 Å². The van der Waals surface area contributed by atoms with Crippen molar-refractivity contribution in [3.63, 3.8) is 0 Å². The molecule has 1 radical (unpaired) electrons. The molecule has 0 saturated heterocycles. The first-order valence-electron chi connectivity index (χ1n) is 7.51. The Kier molecular flexibility index (Phi) is 15.0. The summed E-state index contributed by atoms with van der Waals surface area (Å²) >= 11 is 0. The highest BCUT2D eigenvalue weighted by Gasteiger charge is 1.87. The lowest BCUT2D eigenvalue weighted by atomic mass is 10.1. The lowest BCUT2D eigenvalue weighted by molar-refractivity contribution is 0.621. The Bertz CT molecular complexity index is 176. The van der Waals surface area contributed by atoms with Gasteiger partial charge in [-0.15, -0.1) is 0 Å². The van der Waals surface area contributed by atoms with Crippen LogP contribution in [0.5, 0.6) is 0 Å². The first kappa shape index (κ1) is 16.5. The third kappa shape index (κ3) is 15.5. The molecule has 0 bridgehead atoms. The van der Waals surface area contributed by atoms with Gasteiger partial charge in [-0.25, -0.2) is 0 Å². The molecule has 99 valence electrons. The monoisotopic (exact) mass is 235 g/mol. The maximum atomic E-state index is 3.86. The zero-order chi connectivity index (χ0) is 12.6. The highest BCUT2D eigenvalue weighted by Crippen LogP contribution is 2.07. The van der Waals surface area contributed by atoms with Gasteiger partial charge in [0.1, 0.15) is 0 Å². The van der Waals surface area contributed by atoms with E-state index in [0.29, 0.717) is 0 Å². The summed E-state index contributed by atoms with van der Waals surface area (Å²) in [6.45, 7) is 6.10. The molecule has 0 amide bonds. The summed E-state index contributed by atoms with van der Waals surface area (Å²) in [5, 5.41) is 0. The molecule has 0 fully saturated rings. The van der Waals surface area contributed by atoms with Crippen LogP contribution in [0.2, 0.25) is 0 Å². The zero-order valence-corrected chi connectivity index (χ0v) is 11.8. The molecule has 0 aliphatic rings. The Labute approximate surface area is 109 Å². The van der Waals surface area contributed by atoms with Crippen molar-refractivity contribution >= 4 is 0 Å². The summed E-state index contributed by atoms with van der Waals surface area (Å²) < 4.78 is 0. The Hall–Kier alpha value is -0.520. The van der Waals surface area contributed by atoms with E-state index in [0.717, 1.165) is 12.8 Å². The minimum atomic E-state index is 1.10. The average Bonchev–Trinajstić information content (AvgIpc) is 2.35. The second-order valence-electron chi connectivity index (χ2n) is 4.73. The predicted octanol–water partition coefficient (Wildman–Crippen LogP) is 6.24. The van der Waals surface area contributed by atoms with Crippen LogP contribution in [0.15, 0.2) is 24.3 Å². The van der Waals surface area contributed by atoms with E-state index in [2.05, 4.69) is 38.2 Å². The maximum Gasteiger partial charge on any atom is -0.0169 e. The molecule has 0 aromatic heterocycles. The first-order valence-corrected chi connectivity index (χ1v) is 7.51. The van der Waals surface area contributed by atoms with Gasteiger partial charge < -0.3 is 0 Å². The van der Waals surface area contributed by atoms with E-state index in [1.165, 1.54) is 57.8 Å². The molecule has 0 aromatic rings.